The van der Waals surface area contributed by atoms with Gasteiger partial charge in [0.05, 0.1) is 31.7 Å². The van der Waals surface area contributed by atoms with Crippen molar-refractivity contribution in [2.24, 2.45) is 0 Å². The van der Waals surface area contributed by atoms with E-state index in [1.165, 1.54) is 12.2 Å². The molecule has 0 spiro atoms. The molecule has 0 bridgehead atoms. The van der Waals surface area contributed by atoms with Gasteiger partial charge in [0.25, 0.3) is 11.8 Å². The average Bonchev–Trinajstić information content (AvgIpc) is 2.65. The van der Waals surface area contributed by atoms with Crippen molar-refractivity contribution in [1.82, 2.24) is 15.5 Å². The molecule has 184 valence electrons. The Hall–Kier alpha value is 1.01. The summed E-state index contributed by atoms with van der Waals surface area (Å²) in [6, 6.07) is 0. The standard InChI is InChI=1S/C15H25N3O11S3.3Na/c1-18(9-10-30-29-28-21)8-4-2-3-5-13(14(19)16-6-11-31(22,23)24)15(20)17-7-12-32(25,26)27;;;/h2-5,8,21H,6-7,9-12H2,1H3,(H,16,19)(H,17,20)(H,22,23,24)(H,25,26,27);;;/q;3*+1/p-3. The third-order valence-electron chi connectivity index (χ3n) is 3.19. The van der Waals surface area contributed by atoms with Crippen LogP contribution in [0.3, 0.4) is 0 Å². The summed E-state index contributed by atoms with van der Waals surface area (Å²) in [4.78, 5) is 26.0. The zero-order valence-electron chi connectivity index (χ0n) is 19.8. The Labute approximate surface area is 275 Å². The van der Waals surface area contributed by atoms with Crippen LogP contribution in [-0.2, 0) is 39.2 Å². The molecule has 2 N–H and O–H groups in total. The van der Waals surface area contributed by atoms with Gasteiger partial charge < -0.3 is 29.9 Å². The first kappa shape index (κ1) is 43.1. The van der Waals surface area contributed by atoms with Gasteiger partial charge in [-0.3, -0.25) is 14.6 Å². The molecular weight excluding hydrogens is 563 g/mol. The Kier molecular flexibility index (Phi) is 29.6. The fourth-order valence-electron chi connectivity index (χ4n) is 1.75. The van der Waals surface area contributed by atoms with Gasteiger partial charge in [-0.15, -0.1) is 0 Å². The van der Waals surface area contributed by atoms with Gasteiger partial charge in [0.1, 0.15) is 5.57 Å². The summed E-state index contributed by atoms with van der Waals surface area (Å²) >= 11 is 0.810. The molecule has 0 aromatic heterocycles. The summed E-state index contributed by atoms with van der Waals surface area (Å²) in [5.74, 6) is -3.39. The number of hydrogen-bond donors (Lipinski definition) is 2. The van der Waals surface area contributed by atoms with E-state index in [2.05, 4.69) is 20.0 Å². The van der Waals surface area contributed by atoms with Crippen LogP contribution in [0.1, 0.15) is 0 Å². The van der Waals surface area contributed by atoms with Crippen molar-refractivity contribution < 1.29 is 139 Å². The molecule has 0 aromatic rings. The van der Waals surface area contributed by atoms with Gasteiger partial charge in [-0.05, 0) is 18.4 Å². The summed E-state index contributed by atoms with van der Waals surface area (Å²) in [6.07, 6.45) is 7.00. The molecule has 0 radical (unpaired) electrons. The molecule has 0 saturated carbocycles. The predicted molar refractivity (Wildman–Crippen MR) is 109 cm³/mol. The monoisotopic (exact) mass is 585 g/mol. The van der Waals surface area contributed by atoms with Gasteiger partial charge in [0.2, 0.25) is 0 Å². The third-order valence-corrected chi connectivity index (χ3v) is 5.10. The fourth-order valence-corrected chi connectivity index (χ4v) is 2.92. The number of carbonyl (C=O) groups excluding carboxylic acids is 2. The smallest absolute Gasteiger partial charge is 0.748 e. The van der Waals surface area contributed by atoms with Crippen molar-refractivity contribution in [3.05, 3.63) is 36.1 Å². The Morgan fingerprint density at radius 1 is 0.914 bits per heavy atom. The fraction of sp³-hybridized carbons (Fsp3) is 0.467. The van der Waals surface area contributed by atoms with Crippen LogP contribution in [0.2, 0.25) is 0 Å². The van der Waals surface area contributed by atoms with Crippen LogP contribution in [0.25, 0.3) is 0 Å². The zero-order valence-corrected chi connectivity index (χ0v) is 28.2. The molecular formula is C15H22N3Na3O11S3. The molecule has 0 aliphatic rings. The second-order valence-electron chi connectivity index (χ2n) is 5.78. The number of rotatable bonds is 16. The maximum Gasteiger partial charge on any atom is 1.00 e. The minimum absolute atomic E-state index is 0. The first-order chi connectivity index (χ1) is 14.9. The van der Waals surface area contributed by atoms with Crippen LogP contribution in [0, 0.1) is 0 Å². The van der Waals surface area contributed by atoms with Crippen LogP contribution in [0.4, 0.5) is 0 Å². The number of allylic oxidation sites excluding steroid dienone is 4. The normalized spacial score (nSPS) is 11.1. The van der Waals surface area contributed by atoms with E-state index in [0.29, 0.717) is 12.3 Å². The molecule has 0 unspecified atom stereocenters. The number of carbonyl (C=O) groups is 2. The number of nitrogens with zero attached hydrogens (tertiary/aromatic N) is 1. The molecule has 2 amide bonds. The molecule has 20 heteroatoms. The summed E-state index contributed by atoms with van der Waals surface area (Å²) in [7, 11) is -7.45. The van der Waals surface area contributed by atoms with E-state index in [0.717, 1.165) is 18.1 Å². The van der Waals surface area contributed by atoms with Gasteiger partial charge in [0, 0.05) is 44.5 Å². The molecule has 0 aliphatic carbocycles. The van der Waals surface area contributed by atoms with Crippen molar-refractivity contribution in [2.45, 2.75) is 0 Å². The maximum atomic E-state index is 12.2. The summed E-state index contributed by atoms with van der Waals surface area (Å²) in [5.41, 5.74) is -0.513. The number of amides is 2. The van der Waals surface area contributed by atoms with Gasteiger partial charge >= 0.3 is 88.7 Å². The van der Waals surface area contributed by atoms with Gasteiger partial charge in [0.15, 0.2) is 0 Å². The Bertz CT molecular complexity index is 862. The van der Waals surface area contributed by atoms with Crippen LogP contribution in [0.5, 0.6) is 0 Å². The Morgan fingerprint density at radius 3 is 1.83 bits per heavy atom. The van der Waals surface area contributed by atoms with Crippen molar-refractivity contribution in [1.29, 1.82) is 0 Å². The molecule has 35 heavy (non-hydrogen) atoms. The Balaban J connectivity index is -0.00000160. The van der Waals surface area contributed by atoms with E-state index in [1.807, 2.05) is 0 Å². The molecule has 0 heterocycles. The maximum absolute atomic E-state index is 12.2. The van der Waals surface area contributed by atoms with E-state index >= 15 is 0 Å². The van der Waals surface area contributed by atoms with Crippen molar-refractivity contribution in [2.75, 3.05) is 43.9 Å². The Morgan fingerprint density at radius 2 is 1.40 bits per heavy atom. The molecule has 0 rings (SSSR count). The first-order valence-corrected chi connectivity index (χ1v) is 12.7. The van der Waals surface area contributed by atoms with Crippen LogP contribution >= 0.6 is 12.0 Å². The summed E-state index contributed by atoms with van der Waals surface area (Å²) in [6.45, 7) is -0.592. The molecule has 0 saturated heterocycles. The first-order valence-electron chi connectivity index (χ1n) is 8.63. The van der Waals surface area contributed by atoms with E-state index in [1.54, 1.807) is 24.2 Å². The topological polar surface area (TPSA) is 217 Å². The minimum atomic E-state index is -4.58. The predicted octanol–water partition coefficient (Wildman–Crippen LogP) is -11.9. The molecule has 14 nitrogen and oxygen atoms in total. The number of nitrogens with one attached hydrogen (secondary N) is 2. The third kappa shape index (κ3) is 27.9. The second kappa shape index (κ2) is 24.1. The molecule has 0 aliphatic heterocycles. The van der Waals surface area contributed by atoms with Crippen LogP contribution < -0.4 is 105 Å². The zero-order chi connectivity index (χ0) is 24.6. The SMILES string of the molecule is CN(C=CC=CC=C(C(=O)NCCS(=O)(=O)[O-])C(=O)NCCS(=O)(=O)[O-])CCSOO[O-].[Na+].[Na+].[Na+]. The summed E-state index contributed by atoms with van der Waals surface area (Å²) < 4.78 is 67.8. The van der Waals surface area contributed by atoms with E-state index in [-0.39, 0.29) is 88.7 Å². The van der Waals surface area contributed by atoms with Gasteiger partial charge in [-0.25, -0.2) is 16.8 Å². The van der Waals surface area contributed by atoms with Crippen LogP contribution in [0.15, 0.2) is 36.1 Å². The second-order valence-corrected chi connectivity index (χ2v) is 9.61. The quantitative estimate of drug-likeness (QED) is 0.0165. The van der Waals surface area contributed by atoms with E-state index in [9.17, 15) is 40.8 Å². The minimum Gasteiger partial charge on any atom is -0.748 e. The van der Waals surface area contributed by atoms with E-state index < -0.39 is 62.2 Å². The van der Waals surface area contributed by atoms with Gasteiger partial charge in [-0.1, -0.05) is 12.2 Å². The number of hydrogen-bond acceptors (Lipinski definition) is 13. The van der Waals surface area contributed by atoms with Crippen molar-refractivity contribution >= 4 is 44.1 Å². The van der Waals surface area contributed by atoms with Gasteiger partial charge in [-0.2, -0.15) is 4.33 Å². The van der Waals surface area contributed by atoms with Crippen molar-refractivity contribution in [3.63, 3.8) is 0 Å². The van der Waals surface area contributed by atoms with E-state index in [4.69, 9.17) is 0 Å². The molecule has 0 atom stereocenters. The largest absolute Gasteiger partial charge is 1.00 e. The molecule has 0 aromatic carbocycles. The average molecular weight is 586 g/mol. The molecule has 0 fully saturated rings. The van der Waals surface area contributed by atoms with Crippen LogP contribution in [-0.4, -0.2) is 86.6 Å². The van der Waals surface area contributed by atoms with Crippen molar-refractivity contribution in [3.8, 4) is 0 Å². The summed E-state index contributed by atoms with van der Waals surface area (Å²) in [5, 5.41) is 17.0.